The molecule has 172 valence electrons. The van der Waals surface area contributed by atoms with E-state index >= 15 is 0 Å². The lowest BCUT2D eigenvalue weighted by Crippen LogP contribution is -2.48. The minimum atomic E-state index is -0.243. The maximum Gasteiger partial charge on any atom is 0.244 e. The maximum absolute atomic E-state index is 13.8. The molecular weight excluding hydrogens is 423 g/mol. The lowest BCUT2D eigenvalue weighted by atomic mass is 9.92. The summed E-state index contributed by atoms with van der Waals surface area (Å²) in [5.74, 6) is 3.67. The number of piperidine rings is 1. The van der Waals surface area contributed by atoms with Gasteiger partial charge in [-0.3, -0.25) is 0 Å². The summed E-state index contributed by atoms with van der Waals surface area (Å²) >= 11 is 0. The van der Waals surface area contributed by atoms with Crippen LogP contribution >= 0.6 is 0 Å². The first-order chi connectivity index (χ1) is 16.2. The zero-order valence-electron chi connectivity index (χ0n) is 18.6. The van der Waals surface area contributed by atoms with E-state index in [2.05, 4.69) is 20.2 Å². The molecule has 2 aliphatic heterocycles. The number of hydrogen-bond donors (Lipinski definition) is 1. The predicted octanol–water partition coefficient (Wildman–Crippen LogP) is 3.08. The Balaban J connectivity index is 1.19. The molecule has 1 aromatic carbocycles. The van der Waals surface area contributed by atoms with Crippen molar-refractivity contribution in [3.05, 3.63) is 42.5 Å². The Hall–Kier alpha value is -3.43. The fraction of sp³-hybridized carbons (Fsp3) is 0.478. The lowest BCUT2D eigenvalue weighted by Gasteiger charge is -2.38. The van der Waals surface area contributed by atoms with Crippen molar-refractivity contribution in [1.29, 1.82) is 0 Å². The number of methoxy groups -OCH3 is 1. The summed E-state index contributed by atoms with van der Waals surface area (Å²) < 4.78 is 21.0. The molecule has 1 saturated carbocycles. The molecule has 3 aliphatic rings. The topological polar surface area (TPSA) is 84.2 Å². The highest BCUT2D eigenvalue weighted by Crippen LogP contribution is 2.40. The van der Waals surface area contributed by atoms with Crippen LogP contribution in [0.2, 0.25) is 0 Å². The van der Waals surface area contributed by atoms with Crippen LogP contribution in [0.5, 0.6) is 5.88 Å². The highest BCUT2D eigenvalue weighted by Gasteiger charge is 2.43. The first kappa shape index (κ1) is 20.2. The molecule has 6 rings (SSSR count). The van der Waals surface area contributed by atoms with Crippen LogP contribution in [0, 0.1) is 17.7 Å². The average Bonchev–Trinajstić information content (AvgIpc) is 3.34. The molecule has 0 unspecified atom stereocenters. The molecule has 3 atom stereocenters. The van der Waals surface area contributed by atoms with Gasteiger partial charge in [-0.1, -0.05) is 6.07 Å². The lowest BCUT2D eigenvalue weighted by molar-refractivity contribution is 0.372. The van der Waals surface area contributed by atoms with Gasteiger partial charge in [-0.2, -0.15) is 4.98 Å². The van der Waals surface area contributed by atoms with Crippen molar-refractivity contribution in [2.45, 2.75) is 31.8 Å². The van der Waals surface area contributed by atoms with Crippen molar-refractivity contribution in [2.24, 2.45) is 11.8 Å². The van der Waals surface area contributed by atoms with E-state index in [0.717, 1.165) is 50.1 Å². The number of aryl methyl sites for hydroxylation is 1. The van der Waals surface area contributed by atoms with Crippen molar-refractivity contribution in [3.8, 4) is 5.88 Å². The molecule has 0 radical (unpaired) electrons. The molecule has 2 bridgehead atoms. The Kier molecular flexibility index (Phi) is 5.00. The number of rotatable bonds is 5. The van der Waals surface area contributed by atoms with Crippen molar-refractivity contribution in [2.75, 3.05) is 41.9 Å². The molecule has 9 nitrogen and oxygen atoms in total. The van der Waals surface area contributed by atoms with Gasteiger partial charge in [-0.05, 0) is 49.3 Å². The number of nitrogens with one attached hydrogen (secondary N) is 1. The van der Waals surface area contributed by atoms with Crippen LogP contribution in [-0.4, -0.2) is 57.5 Å². The number of fused-ring (bicyclic) bond motifs is 3. The summed E-state index contributed by atoms with van der Waals surface area (Å²) in [4.78, 5) is 17.8. The normalized spacial score (nSPS) is 24.0. The van der Waals surface area contributed by atoms with Gasteiger partial charge in [0.25, 0.3) is 0 Å². The molecule has 10 heteroatoms. The molecule has 0 amide bonds. The number of anilines is 4. The first-order valence-corrected chi connectivity index (χ1v) is 11.5. The summed E-state index contributed by atoms with van der Waals surface area (Å²) in [6.45, 7) is 3.47. The number of aromatic nitrogens is 5. The van der Waals surface area contributed by atoms with Gasteiger partial charge in [-0.25, -0.2) is 19.0 Å². The Labute approximate surface area is 191 Å². The van der Waals surface area contributed by atoms with Gasteiger partial charge in [0.1, 0.15) is 18.0 Å². The van der Waals surface area contributed by atoms with E-state index in [9.17, 15) is 4.39 Å². The van der Waals surface area contributed by atoms with Gasteiger partial charge in [0.05, 0.1) is 7.11 Å². The molecule has 33 heavy (non-hydrogen) atoms. The second-order valence-electron chi connectivity index (χ2n) is 9.03. The zero-order valence-corrected chi connectivity index (χ0v) is 18.6. The van der Waals surface area contributed by atoms with Gasteiger partial charge in [0, 0.05) is 44.0 Å². The molecule has 1 N–H and O–H groups in total. The molecular formula is C23H27FN8O. The number of benzene rings is 1. The summed E-state index contributed by atoms with van der Waals surface area (Å²) in [7, 11) is 1.62. The number of nitrogens with zero attached hydrogens (tertiary/aromatic N) is 7. The molecule has 4 heterocycles. The number of ether oxygens (including phenoxy) is 1. The maximum atomic E-state index is 13.8. The summed E-state index contributed by atoms with van der Waals surface area (Å²) in [5, 5.41) is 8.40. The van der Waals surface area contributed by atoms with Crippen molar-refractivity contribution < 1.29 is 9.13 Å². The number of halogens is 1. The Morgan fingerprint density at radius 3 is 2.73 bits per heavy atom. The van der Waals surface area contributed by atoms with Crippen LogP contribution in [0.3, 0.4) is 0 Å². The molecule has 1 saturated heterocycles. The van der Waals surface area contributed by atoms with E-state index in [-0.39, 0.29) is 5.82 Å². The smallest absolute Gasteiger partial charge is 0.244 e. The predicted molar refractivity (Wildman–Crippen MR) is 122 cm³/mol. The van der Waals surface area contributed by atoms with Gasteiger partial charge in [-0.15, -0.1) is 5.10 Å². The Morgan fingerprint density at radius 1 is 1.09 bits per heavy atom. The van der Waals surface area contributed by atoms with Crippen molar-refractivity contribution in [3.63, 3.8) is 0 Å². The van der Waals surface area contributed by atoms with Crippen molar-refractivity contribution >= 4 is 23.4 Å². The third-order valence-corrected chi connectivity index (χ3v) is 7.06. The van der Waals surface area contributed by atoms with Gasteiger partial charge in [0.15, 0.2) is 0 Å². The highest BCUT2D eigenvalue weighted by atomic mass is 19.1. The van der Waals surface area contributed by atoms with Crippen LogP contribution in [0.15, 0.2) is 36.7 Å². The van der Waals surface area contributed by atoms with E-state index in [1.807, 2.05) is 21.7 Å². The molecule has 1 aliphatic carbocycles. The second kappa shape index (κ2) is 8.17. The molecule has 2 aromatic heterocycles. The van der Waals surface area contributed by atoms with E-state index in [1.165, 1.54) is 18.9 Å². The molecule has 0 spiro atoms. The molecule has 2 fully saturated rings. The number of hydrogen-bond acceptors (Lipinski definition) is 8. The summed E-state index contributed by atoms with van der Waals surface area (Å²) in [5.41, 5.74) is 0.809. The monoisotopic (exact) mass is 450 g/mol. The SMILES string of the molecule is COc1cc(N2C[C@H]3CC[C@@H](C2)[C@@H]3Nc2nc3n(n2)CCCN3c2cccc(F)c2)ncn1. The van der Waals surface area contributed by atoms with E-state index < -0.39 is 0 Å². The third kappa shape index (κ3) is 3.73. The van der Waals surface area contributed by atoms with E-state index in [4.69, 9.17) is 14.8 Å². The third-order valence-electron chi connectivity index (χ3n) is 7.06. The van der Waals surface area contributed by atoms with Crippen LogP contribution in [0.1, 0.15) is 19.3 Å². The standard InChI is InChI=1S/C23H27FN8O/c1-33-20-11-19(25-14-26-20)30-12-15-6-7-16(13-30)21(15)27-22-28-23-31(8-3-9-32(23)29-22)18-5-2-4-17(24)10-18/h2,4-5,10-11,14-16,21H,3,6-9,12-13H2,1H3,(H,27,29)/t15-,16+,21-. The fourth-order valence-electron chi connectivity index (χ4n) is 5.52. The summed E-state index contributed by atoms with van der Waals surface area (Å²) in [6, 6.07) is 8.90. The van der Waals surface area contributed by atoms with Gasteiger partial charge < -0.3 is 19.9 Å². The average molecular weight is 451 g/mol. The minimum Gasteiger partial charge on any atom is -0.481 e. The largest absolute Gasteiger partial charge is 0.481 e. The van der Waals surface area contributed by atoms with E-state index in [0.29, 0.717) is 29.7 Å². The molecule has 3 aromatic rings. The second-order valence-corrected chi connectivity index (χ2v) is 9.03. The minimum absolute atomic E-state index is 0.243. The first-order valence-electron chi connectivity index (χ1n) is 11.5. The van der Waals surface area contributed by atoms with Crippen LogP contribution < -0.4 is 19.9 Å². The Morgan fingerprint density at radius 2 is 1.94 bits per heavy atom. The van der Waals surface area contributed by atoms with Gasteiger partial charge in [0.2, 0.25) is 17.8 Å². The van der Waals surface area contributed by atoms with E-state index in [1.54, 1.807) is 25.6 Å². The van der Waals surface area contributed by atoms with Crippen LogP contribution in [0.25, 0.3) is 0 Å². The van der Waals surface area contributed by atoms with Crippen molar-refractivity contribution in [1.82, 2.24) is 24.7 Å². The van der Waals surface area contributed by atoms with Crippen LogP contribution in [-0.2, 0) is 6.54 Å². The quantitative estimate of drug-likeness (QED) is 0.635. The zero-order chi connectivity index (χ0) is 22.4. The van der Waals surface area contributed by atoms with Gasteiger partial charge >= 0.3 is 0 Å². The summed E-state index contributed by atoms with van der Waals surface area (Å²) in [6.07, 6.45) is 4.84. The Bertz CT molecular complexity index is 1140. The fourth-order valence-corrected chi connectivity index (χ4v) is 5.52. The highest BCUT2D eigenvalue weighted by molar-refractivity contribution is 5.59. The van der Waals surface area contributed by atoms with Crippen LogP contribution in [0.4, 0.5) is 27.8 Å².